The summed E-state index contributed by atoms with van der Waals surface area (Å²) in [4.78, 5) is 13.2. The Morgan fingerprint density at radius 2 is 1.68 bits per heavy atom. The number of nitrogens with two attached hydrogens (primary N) is 1. The predicted octanol–water partition coefficient (Wildman–Crippen LogP) is 3.52. The molecule has 19 heavy (non-hydrogen) atoms. The number of halogens is 1. The van der Waals surface area contributed by atoms with E-state index in [0.717, 1.165) is 20.5 Å². The second kappa shape index (κ2) is 5.14. The molecular weight excluding hydrogens is 324 g/mol. The van der Waals surface area contributed by atoms with E-state index in [1.807, 2.05) is 36.4 Å². The van der Waals surface area contributed by atoms with Crippen LogP contribution in [-0.4, -0.2) is 15.0 Å². The number of hydrogen-bond acceptors (Lipinski definition) is 5. The van der Waals surface area contributed by atoms with Crippen LogP contribution in [0.15, 0.2) is 57.1 Å². The van der Waals surface area contributed by atoms with Crippen molar-refractivity contribution in [3.05, 3.63) is 47.1 Å². The van der Waals surface area contributed by atoms with E-state index < -0.39 is 0 Å². The molecule has 0 saturated carbocycles. The molecule has 0 bridgehead atoms. The summed E-state index contributed by atoms with van der Waals surface area (Å²) in [5.41, 5.74) is 7.57. The van der Waals surface area contributed by atoms with Crippen molar-refractivity contribution in [2.75, 3.05) is 5.73 Å². The van der Waals surface area contributed by atoms with Gasteiger partial charge in [0, 0.05) is 6.20 Å². The van der Waals surface area contributed by atoms with Crippen LogP contribution >= 0.6 is 27.7 Å². The largest absolute Gasteiger partial charge is 0.381 e. The minimum atomic E-state index is 0.418. The quantitative estimate of drug-likeness (QED) is 0.777. The number of para-hydroxylation sites is 2. The molecule has 0 aliphatic carbocycles. The van der Waals surface area contributed by atoms with Gasteiger partial charge >= 0.3 is 0 Å². The topological polar surface area (TPSA) is 64.7 Å². The second-order valence-corrected chi connectivity index (χ2v) is 5.63. The van der Waals surface area contributed by atoms with Crippen molar-refractivity contribution in [3.63, 3.8) is 0 Å². The van der Waals surface area contributed by atoms with E-state index in [1.165, 1.54) is 11.8 Å². The van der Waals surface area contributed by atoms with Gasteiger partial charge in [-0.1, -0.05) is 12.1 Å². The highest BCUT2D eigenvalue weighted by Crippen LogP contribution is 2.33. The number of fused-ring (bicyclic) bond motifs is 1. The van der Waals surface area contributed by atoms with Crippen LogP contribution in [0.2, 0.25) is 0 Å². The molecule has 2 heterocycles. The van der Waals surface area contributed by atoms with Gasteiger partial charge in [0.1, 0.15) is 10.1 Å². The number of benzene rings is 1. The van der Waals surface area contributed by atoms with Crippen LogP contribution in [0, 0.1) is 0 Å². The fourth-order valence-corrected chi connectivity index (χ4v) is 2.86. The summed E-state index contributed by atoms with van der Waals surface area (Å²) in [5.74, 6) is 0.418. The molecule has 0 unspecified atom stereocenters. The molecule has 6 heteroatoms. The molecule has 0 aliphatic heterocycles. The van der Waals surface area contributed by atoms with E-state index in [-0.39, 0.29) is 0 Å². The molecule has 4 nitrogen and oxygen atoms in total. The van der Waals surface area contributed by atoms with Crippen molar-refractivity contribution < 1.29 is 0 Å². The second-order valence-electron chi connectivity index (χ2n) is 3.80. The van der Waals surface area contributed by atoms with Crippen molar-refractivity contribution in [2.24, 2.45) is 0 Å². The average molecular weight is 333 g/mol. The minimum absolute atomic E-state index is 0.418. The van der Waals surface area contributed by atoms with Crippen molar-refractivity contribution in [1.29, 1.82) is 0 Å². The van der Waals surface area contributed by atoms with Gasteiger partial charge in [0.15, 0.2) is 5.82 Å². The minimum Gasteiger partial charge on any atom is -0.381 e. The molecule has 2 aromatic heterocycles. The van der Waals surface area contributed by atoms with Crippen LogP contribution < -0.4 is 5.73 Å². The summed E-state index contributed by atoms with van der Waals surface area (Å²) in [6.07, 6.45) is 1.73. The zero-order valence-corrected chi connectivity index (χ0v) is 12.1. The van der Waals surface area contributed by atoms with Crippen LogP contribution in [0.1, 0.15) is 0 Å². The highest BCUT2D eigenvalue weighted by atomic mass is 79.9. The Morgan fingerprint density at radius 1 is 0.947 bits per heavy atom. The molecule has 3 aromatic rings. The van der Waals surface area contributed by atoms with Gasteiger partial charge in [0.05, 0.1) is 15.5 Å². The summed E-state index contributed by atoms with van der Waals surface area (Å²) in [5, 5.41) is 1.48. The van der Waals surface area contributed by atoms with E-state index in [2.05, 4.69) is 30.9 Å². The highest BCUT2D eigenvalue weighted by molar-refractivity contribution is 9.10. The average Bonchev–Trinajstić information content (AvgIpc) is 2.42. The van der Waals surface area contributed by atoms with Crippen LogP contribution in [0.5, 0.6) is 0 Å². The van der Waals surface area contributed by atoms with E-state index in [1.54, 1.807) is 6.20 Å². The Hall–Kier alpha value is -1.66. The molecule has 0 radical (unpaired) electrons. The van der Waals surface area contributed by atoms with E-state index in [0.29, 0.717) is 10.8 Å². The maximum atomic E-state index is 5.95. The number of nitrogens with zero attached hydrogens (tertiary/aromatic N) is 3. The van der Waals surface area contributed by atoms with Crippen LogP contribution in [0.3, 0.4) is 0 Å². The maximum Gasteiger partial charge on any atom is 0.157 e. The molecule has 3 rings (SSSR count). The number of aromatic nitrogens is 3. The Kier molecular flexibility index (Phi) is 3.35. The van der Waals surface area contributed by atoms with E-state index in [9.17, 15) is 0 Å². The van der Waals surface area contributed by atoms with Gasteiger partial charge in [-0.2, -0.15) is 0 Å². The Balaban J connectivity index is 2.06. The number of pyridine rings is 1. The fourth-order valence-electron chi connectivity index (χ4n) is 1.61. The third-order valence-electron chi connectivity index (χ3n) is 2.48. The zero-order valence-electron chi connectivity index (χ0n) is 9.75. The molecule has 2 N–H and O–H groups in total. The lowest BCUT2D eigenvalue weighted by atomic mass is 10.3. The molecule has 0 saturated heterocycles. The summed E-state index contributed by atoms with van der Waals surface area (Å²) < 4.78 is 0.911. The Bertz CT molecular complexity index is 748. The number of anilines is 1. The van der Waals surface area contributed by atoms with Gasteiger partial charge in [0.25, 0.3) is 0 Å². The highest BCUT2D eigenvalue weighted by Gasteiger charge is 2.10. The van der Waals surface area contributed by atoms with Crippen LogP contribution in [-0.2, 0) is 0 Å². The molecule has 0 aliphatic rings. The molecule has 0 atom stereocenters. The van der Waals surface area contributed by atoms with Crippen LogP contribution in [0.25, 0.3) is 11.0 Å². The molecular formula is C13H9BrN4S. The number of hydrogen-bond donors (Lipinski definition) is 1. The first-order valence-electron chi connectivity index (χ1n) is 5.54. The normalized spacial score (nSPS) is 10.8. The van der Waals surface area contributed by atoms with Crippen LogP contribution in [0.4, 0.5) is 5.82 Å². The fraction of sp³-hybridized carbons (Fsp3) is 0. The molecule has 0 fully saturated rings. The standard InChI is InChI=1S/C13H9BrN4S/c14-8-4-3-7-16-12(8)19-13-11(15)17-9-5-1-2-6-10(9)18-13/h1-7H,(H2,15,17). The lowest BCUT2D eigenvalue weighted by Gasteiger charge is -2.06. The van der Waals surface area contributed by atoms with Gasteiger partial charge in [-0.15, -0.1) is 0 Å². The van der Waals surface area contributed by atoms with Gasteiger partial charge in [-0.25, -0.2) is 15.0 Å². The molecule has 0 amide bonds. The first-order valence-corrected chi connectivity index (χ1v) is 7.15. The van der Waals surface area contributed by atoms with Gasteiger partial charge < -0.3 is 5.73 Å². The van der Waals surface area contributed by atoms with E-state index in [4.69, 9.17) is 5.73 Å². The lowest BCUT2D eigenvalue weighted by Crippen LogP contribution is -1.97. The Morgan fingerprint density at radius 3 is 2.42 bits per heavy atom. The molecule has 0 spiro atoms. The lowest BCUT2D eigenvalue weighted by molar-refractivity contribution is 1.08. The number of rotatable bonds is 2. The predicted molar refractivity (Wildman–Crippen MR) is 80.0 cm³/mol. The molecule has 94 valence electrons. The third-order valence-corrected chi connectivity index (χ3v) is 4.40. The van der Waals surface area contributed by atoms with E-state index >= 15 is 0 Å². The zero-order chi connectivity index (χ0) is 13.2. The summed E-state index contributed by atoms with van der Waals surface area (Å²) in [6.45, 7) is 0. The van der Waals surface area contributed by atoms with Gasteiger partial charge in [-0.3, -0.25) is 0 Å². The smallest absolute Gasteiger partial charge is 0.157 e. The first kappa shape index (κ1) is 12.4. The van der Waals surface area contributed by atoms with Crippen molar-refractivity contribution in [3.8, 4) is 0 Å². The van der Waals surface area contributed by atoms with Gasteiger partial charge in [-0.05, 0) is 52.0 Å². The maximum absolute atomic E-state index is 5.95. The number of nitrogen functional groups attached to an aromatic ring is 1. The third kappa shape index (κ3) is 2.54. The van der Waals surface area contributed by atoms with Gasteiger partial charge in [0.2, 0.25) is 0 Å². The summed E-state index contributed by atoms with van der Waals surface area (Å²) >= 11 is 4.85. The SMILES string of the molecule is Nc1nc2ccccc2nc1Sc1ncccc1Br. The Labute approximate surface area is 122 Å². The molecule has 1 aromatic carbocycles. The summed E-state index contributed by atoms with van der Waals surface area (Å²) in [7, 11) is 0. The first-order chi connectivity index (χ1) is 9.24. The summed E-state index contributed by atoms with van der Waals surface area (Å²) in [6, 6.07) is 11.4. The van der Waals surface area contributed by atoms with Crippen molar-refractivity contribution >= 4 is 44.5 Å². The monoisotopic (exact) mass is 332 g/mol. The van der Waals surface area contributed by atoms with Crippen molar-refractivity contribution in [1.82, 2.24) is 15.0 Å². The van der Waals surface area contributed by atoms with Crippen molar-refractivity contribution in [2.45, 2.75) is 10.1 Å².